The van der Waals surface area contributed by atoms with Crippen molar-refractivity contribution >= 4 is 27.3 Å². The van der Waals surface area contributed by atoms with Crippen LogP contribution < -0.4 is 23.8 Å². The highest BCUT2D eigenvalue weighted by atomic mass is 32.2. The molecule has 0 saturated carbocycles. The fraction of sp³-hybridized carbons (Fsp3) is 0.316. The van der Waals surface area contributed by atoms with Crippen molar-refractivity contribution < 1.29 is 27.4 Å². The Morgan fingerprint density at radius 3 is 2.21 bits per heavy atom. The molecule has 0 unspecified atom stereocenters. The van der Waals surface area contributed by atoms with Gasteiger partial charge in [-0.25, -0.2) is 8.42 Å². The number of methoxy groups -OCH3 is 3. The third-order valence-corrected chi connectivity index (χ3v) is 5.28. The van der Waals surface area contributed by atoms with Crippen LogP contribution in [0.15, 0.2) is 42.5 Å². The first-order valence-corrected chi connectivity index (χ1v) is 10.2. The molecule has 28 heavy (non-hydrogen) atoms. The van der Waals surface area contributed by atoms with E-state index < -0.39 is 22.0 Å². The lowest BCUT2D eigenvalue weighted by Crippen LogP contribution is -2.45. The molecule has 1 atom stereocenters. The van der Waals surface area contributed by atoms with Crippen LogP contribution in [0.4, 0.5) is 11.4 Å². The number of anilines is 2. The van der Waals surface area contributed by atoms with Gasteiger partial charge in [-0.15, -0.1) is 0 Å². The summed E-state index contributed by atoms with van der Waals surface area (Å²) in [6, 6.07) is 10.5. The molecule has 0 aliphatic rings. The van der Waals surface area contributed by atoms with Gasteiger partial charge in [-0.05, 0) is 31.2 Å². The minimum Gasteiger partial charge on any atom is -0.497 e. The van der Waals surface area contributed by atoms with Crippen molar-refractivity contribution in [3.8, 4) is 17.2 Å². The Bertz CT molecular complexity index is 945. The highest BCUT2D eigenvalue weighted by Gasteiger charge is 2.31. The number of amides is 1. The van der Waals surface area contributed by atoms with Gasteiger partial charge in [-0.2, -0.15) is 0 Å². The Morgan fingerprint density at radius 2 is 1.64 bits per heavy atom. The van der Waals surface area contributed by atoms with E-state index in [0.717, 1.165) is 10.6 Å². The minimum absolute atomic E-state index is 0.206. The smallest absolute Gasteiger partial charge is 0.247 e. The molecule has 1 amide bonds. The third kappa shape index (κ3) is 4.86. The molecule has 0 spiro atoms. The molecule has 2 rings (SSSR count). The number of carbonyl (C=O) groups excluding carboxylic acids is 1. The number of hydrogen-bond acceptors (Lipinski definition) is 6. The van der Waals surface area contributed by atoms with E-state index in [9.17, 15) is 13.2 Å². The fourth-order valence-electron chi connectivity index (χ4n) is 2.70. The van der Waals surface area contributed by atoms with E-state index in [-0.39, 0.29) is 5.69 Å². The van der Waals surface area contributed by atoms with Crippen molar-refractivity contribution in [1.29, 1.82) is 0 Å². The standard InChI is InChI=1S/C19H24N2O6S/c1-13(19(22)20-14-7-6-8-15(11-14)25-2)21(28(5,23)24)17-12-16(26-3)9-10-18(17)27-4/h6-13H,1-5H3,(H,20,22)/t13-/m0/s1. The Hall–Kier alpha value is -2.94. The maximum absolute atomic E-state index is 12.8. The van der Waals surface area contributed by atoms with Crippen LogP contribution in [-0.4, -0.2) is 48.0 Å². The van der Waals surface area contributed by atoms with Gasteiger partial charge >= 0.3 is 0 Å². The number of sulfonamides is 1. The monoisotopic (exact) mass is 408 g/mol. The first kappa shape index (κ1) is 21.4. The molecule has 0 heterocycles. The first-order valence-electron chi connectivity index (χ1n) is 8.37. The van der Waals surface area contributed by atoms with Gasteiger partial charge < -0.3 is 19.5 Å². The molecule has 1 N–H and O–H groups in total. The van der Waals surface area contributed by atoms with Crippen LogP contribution in [-0.2, 0) is 14.8 Å². The molecule has 9 heteroatoms. The number of rotatable bonds is 8. The summed E-state index contributed by atoms with van der Waals surface area (Å²) in [5, 5.41) is 2.71. The Morgan fingerprint density at radius 1 is 1.00 bits per heavy atom. The summed E-state index contributed by atoms with van der Waals surface area (Å²) in [5.41, 5.74) is 0.694. The maximum atomic E-state index is 12.8. The molecule has 0 fully saturated rings. The zero-order valence-corrected chi connectivity index (χ0v) is 17.2. The zero-order chi connectivity index (χ0) is 20.9. The molecule has 0 bridgehead atoms. The van der Waals surface area contributed by atoms with Gasteiger partial charge in [0.15, 0.2) is 0 Å². The Labute approximate surface area is 165 Å². The number of benzene rings is 2. The van der Waals surface area contributed by atoms with Gasteiger partial charge in [-0.1, -0.05) is 6.07 Å². The van der Waals surface area contributed by atoms with E-state index in [4.69, 9.17) is 14.2 Å². The Balaban J connectivity index is 2.42. The molecule has 0 aromatic heterocycles. The van der Waals surface area contributed by atoms with Crippen molar-refractivity contribution in [2.75, 3.05) is 37.2 Å². The quantitative estimate of drug-likeness (QED) is 0.721. The normalized spacial score (nSPS) is 12.0. The van der Waals surface area contributed by atoms with Gasteiger partial charge in [0, 0.05) is 17.8 Å². The van der Waals surface area contributed by atoms with Gasteiger partial charge in [0.25, 0.3) is 0 Å². The van der Waals surface area contributed by atoms with E-state index in [1.54, 1.807) is 36.4 Å². The molecule has 2 aromatic rings. The average molecular weight is 408 g/mol. The van der Waals surface area contributed by atoms with Crippen molar-refractivity contribution in [3.63, 3.8) is 0 Å². The van der Waals surface area contributed by atoms with Crippen molar-refractivity contribution in [2.45, 2.75) is 13.0 Å². The van der Waals surface area contributed by atoms with E-state index in [2.05, 4.69) is 5.32 Å². The number of ether oxygens (including phenoxy) is 3. The molecule has 0 saturated heterocycles. The van der Waals surface area contributed by atoms with Crippen LogP contribution >= 0.6 is 0 Å². The highest BCUT2D eigenvalue weighted by molar-refractivity contribution is 7.92. The predicted molar refractivity (Wildman–Crippen MR) is 108 cm³/mol. The summed E-state index contributed by atoms with van der Waals surface area (Å²) < 4.78 is 41.7. The van der Waals surface area contributed by atoms with Crippen LogP contribution in [0.2, 0.25) is 0 Å². The number of hydrogen-bond donors (Lipinski definition) is 1. The van der Waals surface area contributed by atoms with Gasteiger partial charge in [0.1, 0.15) is 23.3 Å². The zero-order valence-electron chi connectivity index (χ0n) is 16.4. The molecule has 0 aliphatic heterocycles. The molecule has 0 aliphatic carbocycles. The maximum Gasteiger partial charge on any atom is 0.247 e. The summed E-state index contributed by atoms with van der Waals surface area (Å²) in [6.07, 6.45) is 1.03. The molecular formula is C19H24N2O6S. The van der Waals surface area contributed by atoms with Crippen molar-refractivity contribution in [3.05, 3.63) is 42.5 Å². The van der Waals surface area contributed by atoms with Crippen molar-refractivity contribution in [2.24, 2.45) is 0 Å². The Kier molecular flexibility index (Phi) is 6.74. The van der Waals surface area contributed by atoms with E-state index in [0.29, 0.717) is 22.9 Å². The highest BCUT2D eigenvalue weighted by Crippen LogP contribution is 2.35. The minimum atomic E-state index is -3.81. The largest absolute Gasteiger partial charge is 0.497 e. The molecule has 152 valence electrons. The molecule has 8 nitrogen and oxygen atoms in total. The number of nitrogens with one attached hydrogen (secondary N) is 1. The van der Waals surface area contributed by atoms with Crippen LogP contribution in [0.1, 0.15) is 6.92 Å². The van der Waals surface area contributed by atoms with E-state index in [1.165, 1.54) is 34.3 Å². The lowest BCUT2D eigenvalue weighted by Gasteiger charge is -2.29. The number of nitrogens with zero attached hydrogens (tertiary/aromatic N) is 1. The van der Waals surface area contributed by atoms with E-state index in [1.807, 2.05) is 0 Å². The average Bonchev–Trinajstić information content (AvgIpc) is 2.66. The lowest BCUT2D eigenvalue weighted by atomic mass is 10.2. The van der Waals surface area contributed by atoms with Crippen LogP contribution in [0.5, 0.6) is 17.2 Å². The first-order chi connectivity index (χ1) is 13.2. The molecular weight excluding hydrogens is 384 g/mol. The molecule has 0 radical (unpaired) electrons. The third-order valence-electron chi connectivity index (χ3n) is 4.05. The van der Waals surface area contributed by atoms with Gasteiger partial charge in [0.05, 0.1) is 33.3 Å². The topological polar surface area (TPSA) is 94.2 Å². The lowest BCUT2D eigenvalue weighted by molar-refractivity contribution is -0.116. The van der Waals surface area contributed by atoms with Gasteiger partial charge in [-0.3, -0.25) is 9.10 Å². The summed E-state index contributed by atoms with van der Waals surface area (Å²) in [5.74, 6) is 0.792. The number of carbonyl (C=O) groups is 1. The SMILES string of the molecule is COc1cccc(NC(=O)[C@H](C)N(c2cc(OC)ccc2OC)S(C)(=O)=O)c1. The summed E-state index contributed by atoms with van der Waals surface area (Å²) in [4.78, 5) is 12.8. The van der Waals surface area contributed by atoms with E-state index >= 15 is 0 Å². The van der Waals surface area contributed by atoms with Crippen LogP contribution in [0.25, 0.3) is 0 Å². The summed E-state index contributed by atoms with van der Waals surface area (Å²) in [7, 11) is 0.596. The second kappa shape index (κ2) is 8.83. The summed E-state index contributed by atoms with van der Waals surface area (Å²) >= 11 is 0. The predicted octanol–water partition coefficient (Wildman–Crippen LogP) is 2.51. The van der Waals surface area contributed by atoms with Crippen LogP contribution in [0, 0.1) is 0 Å². The van der Waals surface area contributed by atoms with Crippen LogP contribution in [0.3, 0.4) is 0 Å². The summed E-state index contributed by atoms with van der Waals surface area (Å²) in [6.45, 7) is 1.50. The fourth-order valence-corrected chi connectivity index (χ4v) is 3.87. The molecule has 2 aromatic carbocycles. The van der Waals surface area contributed by atoms with Crippen molar-refractivity contribution in [1.82, 2.24) is 0 Å². The second-order valence-corrected chi connectivity index (χ2v) is 7.85. The van der Waals surface area contributed by atoms with Gasteiger partial charge in [0.2, 0.25) is 15.9 Å². The second-order valence-electron chi connectivity index (χ2n) is 5.99.